The highest BCUT2D eigenvalue weighted by molar-refractivity contribution is 6.11. The van der Waals surface area contributed by atoms with Crippen LogP contribution in [0.4, 0.5) is 17.3 Å². The van der Waals surface area contributed by atoms with Crippen molar-refractivity contribution in [3.8, 4) is 0 Å². The molecule has 5 rings (SSSR count). The molecule has 1 aliphatic rings. The highest BCUT2D eigenvalue weighted by Gasteiger charge is 2.23. The zero-order valence-corrected chi connectivity index (χ0v) is 15.7. The van der Waals surface area contributed by atoms with Crippen LogP contribution in [0.2, 0.25) is 0 Å². The van der Waals surface area contributed by atoms with E-state index in [1.54, 1.807) is 36.9 Å². The van der Waals surface area contributed by atoms with Crippen molar-refractivity contribution >= 4 is 39.9 Å². The zero-order chi connectivity index (χ0) is 20.5. The maximum absolute atomic E-state index is 12.9. The monoisotopic (exact) mass is 400 g/mol. The van der Waals surface area contributed by atoms with Gasteiger partial charge in [0.15, 0.2) is 5.58 Å². The standard InChI is InChI=1S/C21H16N6O3/c28-20(26-21-23-7-1-8-24-21)19-18(15-6-9-22-11-17(15)30-19)25-13-3-4-14-12(10-13)2-5-16(14)27-29/h1,3-4,6-11,25,29H,2,5H2,(H,23,24,26,28). The Labute approximate surface area is 170 Å². The van der Waals surface area contributed by atoms with E-state index in [1.165, 1.54) is 0 Å². The topological polar surface area (TPSA) is 126 Å². The lowest BCUT2D eigenvalue weighted by Gasteiger charge is -2.09. The summed E-state index contributed by atoms with van der Waals surface area (Å²) in [5, 5.41) is 19.2. The van der Waals surface area contributed by atoms with Crippen LogP contribution in [0.15, 0.2) is 64.7 Å². The molecule has 0 fully saturated rings. The first-order valence-electron chi connectivity index (χ1n) is 9.29. The Morgan fingerprint density at radius 2 is 2.00 bits per heavy atom. The average molecular weight is 400 g/mol. The van der Waals surface area contributed by atoms with E-state index in [4.69, 9.17) is 9.62 Å². The van der Waals surface area contributed by atoms with Gasteiger partial charge in [0.05, 0.1) is 17.6 Å². The Morgan fingerprint density at radius 3 is 2.83 bits per heavy atom. The number of anilines is 3. The molecule has 3 N–H and O–H groups in total. The smallest absolute Gasteiger partial charge is 0.295 e. The summed E-state index contributed by atoms with van der Waals surface area (Å²) in [5.74, 6) is -0.195. The Kier molecular flexibility index (Phi) is 4.32. The van der Waals surface area contributed by atoms with Crippen molar-refractivity contribution in [2.24, 2.45) is 5.16 Å². The van der Waals surface area contributed by atoms with Gasteiger partial charge in [-0.25, -0.2) is 9.97 Å². The molecule has 1 amide bonds. The highest BCUT2D eigenvalue weighted by atomic mass is 16.4. The first-order chi connectivity index (χ1) is 14.7. The van der Waals surface area contributed by atoms with Gasteiger partial charge in [-0.1, -0.05) is 11.2 Å². The van der Waals surface area contributed by atoms with Crippen LogP contribution in [0.3, 0.4) is 0 Å². The molecule has 9 nitrogen and oxygen atoms in total. The fraction of sp³-hybridized carbons (Fsp3) is 0.0952. The molecule has 3 heterocycles. The Hall–Kier alpha value is -4.27. The molecular formula is C21H16N6O3. The summed E-state index contributed by atoms with van der Waals surface area (Å²) in [4.78, 5) is 25.0. The molecular weight excluding hydrogens is 384 g/mol. The number of fused-ring (bicyclic) bond motifs is 2. The number of benzene rings is 1. The molecule has 0 saturated heterocycles. The first kappa shape index (κ1) is 17.8. The van der Waals surface area contributed by atoms with Crippen LogP contribution in [0, 0.1) is 0 Å². The van der Waals surface area contributed by atoms with E-state index in [1.807, 2.05) is 18.2 Å². The van der Waals surface area contributed by atoms with Crippen molar-refractivity contribution in [1.82, 2.24) is 15.0 Å². The van der Waals surface area contributed by atoms with Crippen LogP contribution < -0.4 is 10.6 Å². The second-order valence-electron chi connectivity index (χ2n) is 6.75. The van der Waals surface area contributed by atoms with Crippen LogP contribution in [0.25, 0.3) is 11.0 Å². The van der Waals surface area contributed by atoms with E-state index >= 15 is 0 Å². The van der Waals surface area contributed by atoms with Gasteiger partial charge in [0.25, 0.3) is 5.91 Å². The molecule has 3 aromatic heterocycles. The lowest BCUT2D eigenvalue weighted by Crippen LogP contribution is -2.14. The van der Waals surface area contributed by atoms with Crippen LogP contribution >= 0.6 is 0 Å². The van der Waals surface area contributed by atoms with Crippen molar-refractivity contribution in [3.63, 3.8) is 0 Å². The second-order valence-corrected chi connectivity index (χ2v) is 6.75. The number of carbonyl (C=O) groups is 1. The summed E-state index contributed by atoms with van der Waals surface area (Å²) >= 11 is 0. The molecule has 0 aliphatic heterocycles. The van der Waals surface area contributed by atoms with E-state index in [0.29, 0.717) is 23.4 Å². The summed E-state index contributed by atoms with van der Waals surface area (Å²) in [7, 11) is 0. The summed E-state index contributed by atoms with van der Waals surface area (Å²) in [5.41, 5.74) is 4.48. The minimum absolute atomic E-state index is 0.101. The molecule has 0 bridgehead atoms. The minimum atomic E-state index is -0.476. The Balaban J connectivity index is 1.52. The third-order valence-corrected chi connectivity index (χ3v) is 4.93. The summed E-state index contributed by atoms with van der Waals surface area (Å²) in [6.45, 7) is 0. The van der Waals surface area contributed by atoms with Gasteiger partial charge in [-0.2, -0.15) is 0 Å². The molecule has 4 aromatic rings. The molecule has 0 saturated carbocycles. The van der Waals surface area contributed by atoms with E-state index in [2.05, 4.69) is 30.7 Å². The molecule has 0 unspecified atom stereocenters. The number of nitrogens with zero attached hydrogens (tertiary/aromatic N) is 4. The third kappa shape index (κ3) is 3.12. The molecule has 0 radical (unpaired) electrons. The van der Waals surface area contributed by atoms with Crippen LogP contribution in [0.1, 0.15) is 28.1 Å². The first-order valence-corrected chi connectivity index (χ1v) is 9.29. The van der Waals surface area contributed by atoms with E-state index < -0.39 is 5.91 Å². The van der Waals surface area contributed by atoms with Gasteiger partial charge in [0.2, 0.25) is 11.7 Å². The fourth-order valence-corrected chi connectivity index (χ4v) is 3.55. The van der Waals surface area contributed by atoms with Crippen molar-refractivity contribution < 1.29 is 14.4 Å². The van der Waals surface area contributed by atoms with Gasteiger partial charge < -0.3 is 14.9 Å². The molecule has 0 spiro atoms. The van der Waals surface area contributed by atoms with E-state index in [9.17, 15) is 4.79 Å². The SMILES string of the molecule is O=C(Nc1ncccn1)c1oc2cnccc2c1Nc1ccc2c(c1)CCC2=NO. The van der Waals surface area contributed by atoms with Crippen molar-refractivity contribution in [2.75, 3.05) is 10.6 Å². The van der Waals surface area contributed by atoms with Gasteiger partial charge in [-0.3, -0.25) is 15.1 Å². The van der Waals surface area contributed by atoms with Crippen LogP contribution in [0.5, 0.6) is 0 Å². The maximum Gasteiger partial charge on any atom is 0.295 e. The highest BCUT2D eigenvalue weighted by Crippen LogP contribution is 2.34. The summed E-state index contributed by atoms with van der Waals surface area (Å²) in [6, 6.07) is 9.20. The second kappa shape index (κ2) is 7.28. The van der Waals surface area contributed by atoms with Crippen molar-refractivity contribution in [3.05, 3.63) is 72.0 Å². The summed E-state index contributed by atoms with van der Waals surface area (Å²) in [6.07, 6.45) is 7.76. The molecule has 148 valence electrons. The lowest BCUT2D eigenvalue weighted by molar-refractivity contribution is 0.0999. The molecule has 9 heteroatoms. The van der Waals surface area contributed by atoms with E-state index in [0.717, 1.165) is 28.6 Å². The minimum Gasteiger partial charge on any atom is -0.447 e. The molecule has 30 heavy (non-hydrogen) atoms. The number of aromatic nitrogens is 3. The number of nitrogens with one attached hydrogen (secondary N) is 2. The van der Waals surface area contributed by atoms with Crippen molar-refractivity contribution in [2.45, 2.75) is 12.8 Å². The number of furan rings is 1. The van der Waals surface area contributed by atoms with Gasteiger partial charge in [-0.15, -0.1) is 0 Å². The summed E-state index contributed by atoms with van der Waals surface area (Å²) < 4.78 is 5.79. The largest absolute Gasteiger partial charge is 0.447 e. The number of aryl methyl sites for hydroxylation is 1. The Bertz CT molecular complexity index is 1280. The van der Waals surface area contributed by atoms with E-state index in [-0.39, 0.29) is 11.7 Å². The number of hydrogen-bond acceptors (Lipinski definition) is 8. The Morgan fingerprint density at radius 1 is 1.13 bits per heavy atom. The van der Waals surface area contributed by atoms with Gasteiger partial charge in [0.1, 0.15) is 0 Å². The number of carbonyl (C=O) groups excluding carboxylic acids is 1. The average Bonchev–Trinajstić information content (AvgIpc) is 3.36. The van der Waals surface area contributed by atoms with Crippen LogP contribution in [-0.2, 0) is 6.42 Å². The van der Waals surface area contributed by atoms with Crippen molar-refractivity contribution in [1.29, 1.82) is 0 Å². The quantitative estimate of drug-likeness (QED) is 0.352. The normalized spacial score (nSPS) is 14.1. The predicted octanol–water partition coefficient (Wildman–Crippen LogP) is 3.74. The van der Waals surface area contributed by atoms with Gasteiger partial charge in [-0.05, 0) is 42.7 Å². The lowest BCUT2D eigenvalue weighted by atomic mass is 10.1. The number of pyridine rings is 1. The number of oxime groups is 1. The number of rotatable bonds is 4. The molecule has 1 aliphatic carbocycles. The van der Waals surface area contributed by atoms with Crippen LogP contribution in [-0.4, -0.2) is 31.8 Å². The van der Waals surface area contributed by atoms with Gasteiger partial charge >= 0.3 is 0 Å². The maximum atomic E-state index is 12.9. The predicted molar refractivity (Wildman–Crippen MR) is 110 cm³/mol. The molecule has 0 atom stereocenters. The third-order valence-electron chi connectivity index (χ3n) is 4.93. The molecule has 1 aromatic carbocycles. The number of hydrogen-bond donors (Lipinski definition) is 3. The number of amides is 1. The fourth-order valence-electron chi connectivity index (χ4n) is 3.55. The van der Waals surface area contributed by atoms with Gasteiger partial charge in [0, 0.05) is 35.2 Å². The zero-order valence-electron chi connectivity index (χ0n) is 15.7.